The van der Waals surface area contributed by atoms with Crippen LogP contribution in [0.15, 0.2) is 53.3 Å². The second-order valence-corrected chi connectivity index (χ2v) is 5.10. The molecule has 2 rings (SSSR count). The summed E-state index contributed by atoms with van der Waals surface area (Å²) in [7, 11) is 0. The van der Waals surface area contributed by atoms with E-state index in [-0.39, 0.29) is 0 Å². The van der Waals surface area contributed by atoms with E-state index >= 15 is 0 Å². The summed E-state index contributed by atoms with van der Waals surface area (Å²) in [6, 6.07) is 12.8. The van der Waals surface area contributed by atoms with E-state index in [4.69, 9.17) is 0 Å². The molecule has 0 aliphatic carbocycles. The second-order valence-electron chi connectivity index (χ2n) is 4.19. The van der Waals surface area contributed by atoms with Crippen LogP contribution in [0.5, 0.6) is 0 Å². The Labute approximate surface area is 111 Å². The highest BCUT2D eigenvalue weighted by Crippen LogP contribution is 2.20. The van der Waals surface area contributed by atoms with Gasteiger partial charge in [-0.25, -0.2) is 4.57 Å². The molecule has 17 heavy (non-hydrogen) atoms. The Balaban J connectivity index is 2.14. The topological polar surface area (TPSA) is 3.88 Å². The summed E-state index contributed by atoms with van der Waals surface area (Å²) in [6.45, 7) is 3.33. The molecule has 0 spiro atoms. The summed E-state index contributed by atoms with van der Waals surface area (Å²) in [6.07, 6.45) is 6.80. The number of halogens is 1. The molecular formula is C15H17BrN+. The molecule has 0 radical (unpaired) electrons. The van der Waals surface area contributed by atoms with Crippen molar-refractivity contribution in [3.8, 4) is 11.1 Å². The fourth-order valence-corrected chi connectivity index (χ4v) is 2.05. The maximum absolute atomic E-state index is 3.45. The van der Waals surface area contributed by atoms with Gasteiger partial charge in [0.15, 0.2) is 12.4 Å². The lowest BCUT2D eigenvalue weighted by atomic mass is 10.1. The first kappa shape index (κ1) is 12.3. The zero-order chi connectivity index (χ0) is 12.1. The van der Waals surface area contributed by atoms with Gasteiger partial charge in [0.05, 0.1) is 0 Å². The quantitative estimate of drug-likeness (QED) is 0.743. The van der Waals surface area contributed by atoms with Gasteiger partial charge in [0, 0.05) is 23.0 Å². The minimum atomic E-state index is 1.11. The van der Waals surface area contributed by atoms with E-state index in [0.29, 0.717) is 0 Å². The van der Waals surface area contributed by atoms with Crippen LogP contribution < -0.4 is 4.57 Å². The van der Waals surface area contributed by atoms with E-state index in [1.165, 1.54) is 24.0 Å². The molecule has 0 aliphatic rings. The van der Waals surface area contributed by atoms with Crippen LogP contribution in [0, 0.1) is 0 Å². The van der Waals surface area contributed by atoms with Crippen LogP contribution >= 0.6 is 15.9 Å². The Morgan fingerprint density at radius 2 is 1.53 bits per heavy atom. The molecule has 0 saturated heterocycles. The Bertz CT molecular complexity index is 459. The van der Waals surface area contributed by atoms with Crippen LogP contribution in [0.2, 0.25) is 0 Å². The summed E-state index contributed by atoms with van der Waals surface area (Å²) >= 11 is 3.45. The van der Waals surface area contributed by atoms with E-state index in [2.05, 4.69) is 76.2 Å². The minimum Gasteiger partial charge on any atom is -0.205 e. The molecule has 0 fully saturated rings. The third-order valence-corrected chi connectivity index (χ3v) is 3.37. The van der Waals surface area contributed by atoms with Crippen molar-refractivity contribution < 1.29 is 4.57 Å². The SMILES string of the molecule is CCCC[n+]1ccc(-c2ccc(Br)cc2)cc1. The number of pyridine rings is 1. The minimum absolute atomic E-state index is 1.11. The molecule has 2 aromatic rings. The van der Waals surface area contributed by atoms with Crippen molar-refractivity contribution in [1.29, 1.82) is 0 Å². The standard InChI is InChI=1S/C15H17BrN/c1-2-3-10-17-11-8-14(9-12-17)13-4-6-15(16)7-5-13/h4-9,11-12H,2-3,10H2,1H3/q+1. The number of unbranched alkanes of at least 4 members (excludes halogenated alkanes) is 1. The number of nitrogens with zero attached hydrogens (tertiary/aromatic N) is 1. The van der Waals surface area contributed by atoms with Crippen LogP contribution in [0.25, 0.3) is 11.1 Å². The number of aryl methyl sites for hydroxylation is 1. The van der Waals surface area contributed by atoms with Gasteiger partial charge < -0.3 is 0 Å². The van der Waals surface area contributed by atoms with Crippen molar-refractivity contribution in [2.45, 2.75) is 26.3 Å². The summed E-state index contributed by atoms with van der Waals surface area (Å²) in [4.78, 5) is 0. The molecular weight excluding hydrogens is 274 g/mol. The molecule has 0 atom stereocenters. The molecule has 0 saturated carbocycles. The third-order valence-electron chi connectivity index (χ3n) is 2.84. The lowest BCUT2D eigenvalue weighted by molar-refractivity contribution is -0.697. The summed E-state index contributed by atoms with van der Waals surface area (Å²) < 4.78 is 3.36. The molecule has 88 valence electrons. The highest BCUT2D eigenvalue weighted by molar-refractivity contribution is 9.10. The Morgan fingerprint density at radius 3 is 2.12 bits per heavy atom. The van der Waals surface area contributed by atoms with E-state index in [1.807, 2.05) is 0 Å². The molecule has 0 N–H and O–H groups in total. The molecule has 0 unspecified atom stereocenters. The second kappa shape index (κ2) is 5.97. The predicted molar refractivity (Wildman–Crippen MR) is 74.7 cm³/mol. The number of aromatic nitrogens is 1. The maximum atomic E-state index is 3.45. The average Bonchev–Trinajstić information content (AvgIpc) is 2.38. The maximum Gasteiger partial charge on any atom is 0.169 e. The van der Waals surface area contributed by atoms with Crippen LogP contribution in [-0.4, -0.2) is 0 Å². The number of hydrogen-bond donors (Lipinski definition) is 0. The fraction of sp³-hybridized carbons (Fsp3) is 0.267. The molecule has 2 heteroatoms. The van der Waals surface area contributed by atoms with Crippen LogP contribution in [0.3, 0.4) is 0 Å². The molecule has 1 aromatic carbocycles. The first-order valence-corrected chi connectivity index (χ1v) is 6.84. The lowest BCUT2D eigenvalue weighted by Gasteiger charge is -2.01. The van der Waals surface area contributed by atoms with E-state index in [0.717, 1.165) is 11.0 Å². The van der Waals surface area contributed by atoms with Gasteiger partial charge in [-0.05, 0) is 23.3 Å². The smallest absolute Gasteiger partial charge is 0.169 e. The summed E-state index contributed by atoms with van der Waals surface area (Å²) in [5, 5.41) is 0. The monoisotopic (exact) mass is 290 g/mol. The lowest BCUT2D eigenvalue weighted by Crippen LogP contribution is -2.32. The van der Waals surface area contributed by atoms with Gasteiger partial charge in [0.2, 0.25) is 0 Å². The van der Waals surface area contributed by atoms with Crippen molar-refractivity contribution in [2.75, 3.05) is 0 Å². The molecule has 1 nitrogen and oxygen atoms in total. The highest BCUT2D eigenvalue weighted by atomic mass is 79.9. The first-order valence-electron chi connectivity index (χ1n) is 6.04. The molecule has 0 amide bonds. The zero-order valence-corrected chi connectivity index (χ0v) is 11.7. The highest BCUT2D eigenvalue weighted by Gasteiger charge is 2.02. The van der Waals surface area contributed by atoms with Crippen molar-refractivity contribution in [3.63, 3.8) is 0 Å². The van der Waals surface area contributed by atoms with Gasteiger partial charge in [-0.2, -0.15) is 0 Å². The van der Waals surface area contributed by atoms with Crippen molar-refractivity contribution in [1.82, 2.24) is 0 Å². The van der Waals surface area contributed by atoms with Gasteiger partial charge in [-0.3, -0.25) is 0 Å². The van der Waals surface area contributed by atoms with E-state index in [9.17, 15) is 0 Å². The van der Waals surface area contributed by atoms with E-state index in [1.54, 1.807) is 0 Å². The van der Waals surface area contributed by atoms with Crippen molar-refractivity contribution in [3.05, 3.63) is 53.3 Å². The predicted octanol–water partition coefficient (Wildman–Crippen LogP) is 4.20. The van der Waals surface area contributed by atoms with Gasteiger partial charge in [-0.1, -0.05) is 41.4 Å². The van der Waals surface area contributed by atoms with Crippen LogP contribution in [0.1, 0.15) is 19.8 Å². The molecule has 0 bridgehead atoms. The molecule has 1 aromatic heterocycles. The third kappa shape index (κ3) is 3.40. The number of benzene rings is 1. The van der Waals surface area contributed by atoms with Gasteiger partial charge in [0.1, 0.15) is 6.54 Å². The largest absolute Gasteiger partial charge is 0.205 e. The summed E-state index contributed by atoms with van der Waals surface area (Å²) in [5.74, 6) is 0. The van der Waals surface area contributed by atoms with Gasteiger partial charge in [0.25, 0.3) is 0 Å². The Morgan fingerprint density at radius 1 is 0.941 bits per heavy atom. The summed E-state index contributed by atoms with van der Waals surface area (Å²) in [5.41, 5.74) is 2.53. The number of rotatable bonds is 4. The number of hydrogen-bond acceptors (Lipinski definition) is 0. The fourth-order valence-electron chi connectivity index (χ4n) is 1.78. The molecule has 0 aliphatic heterocycles. The Kier molecular flexibility index (Phi) is 4.32. The van der Waals surface area contributed by atoms with E-state index < -0.39 is 0 Å². The van der Waals surface area contributed by atoms with Gasteiger partial charge in [-0.15, -0.1) is 0 Å². The van der Waals surface area contributed by atoms with Crippen LogP contribution in [-0.2, 0) is 6.54 Å². The van der Waals surface area contributed by atoms with Crippen LogP contribution in [0.4, 0.5) is 0 Å². The van der Waals surface area contributed by atoms with Gasteiger partial charge >= 0.3 is 0 Å². The van der Waals surface area contributed by atoms with Crippen molar-refractivity contribution >= 4 is 15.9 Å². The average molecular weight is 291 g/mol. The van der Waals surface area contributed by atoms with Crippen molar-refractivity contribution in [2.24, 2.45) is 0 Å². The normalized spacial score (nSPS) is 10.5. The zero-order valence-electron chi connectivity index (χ0n) is 10.1. The molecule has 1 heterocycles. The Hall–Kier alpha value is -1.15. The first-order chi connectivity index (χ1) is 8.29.